The van der Waals surface area contributed by atoms with Crippen LogP contribution in [0.2, 0.25) is 0 Å². The molecule has 1 aromatic heterocycles. The van der Waals surface area contributed by atoms with Crippen LogP contribution in [0, 0.1) is 52.8 Å². The number of hydrogen-bond donors (Lipinski definition) is 1. The maximum Gasteiger partial charge on any atom is 0.0653 e. The van der Waals surface area contributed by atoms with E-state index in [4.69, 9.17) is 5.10 Å². The second kappa shape index (κ2) is 7.95. The molecule has 9 atom stereocenters. The van der Waals surface area contributed by atoms with Crippen LogP contribution in [-0.2, 0) is 6.54 Å². The summed E-state index contributed by atoms with van der Waals surface area (Å²) in [4.78, 5) is 0. The summed E-state index contributed by atoms with van der Waals surface area (Å²) in [7, 11) is 0. The van der Waals surface area contributed by atoms with E-state index >= 15 is 0 Å². The zero-order valence-corrected chi connectivity index (χ0v) is 21.5. The van der Waals surface area contributed by atoms with E-state index in [0.717, 1.165) is 67.2 Å². The van der Waals surface area contributed by atoms with Crippen LogP contribution in [0.1, 0.15) is 102 Å². The van der Waals surface area contributed by atoms with Crippen LogP contribution in [0.5, 0.6) is 0 Å². The first-order valence-electron chi connectivity index (χ1n) is 14.8. The molecule has 5 fully saturated rings. The highest BCUT2D eigenvalue weighted by Crippen LogP contribution is 2.66. The summed E-state index contributed by atoms with van der Waals surface area (Å²) in [6.07, 6.45) is 24.9. The number of allylic oxidation sites excluding steroid dienone is 2. The van der Waals surface area contributed by atoms with Gasteiger partial charge in [-0.25, -0.2) is 0 Å². The second-order valence-electron chi connectivity index (χ2n) is 14.2. The monoisotopic (exact) mass is 462 g/mol. The van der Waals surface area contributed by atoms with Gasteiger partial charge in [0.2, 0.25) is 0 Å². The fraction of sp³-hybridized carbons (Fsp3) is 0.839. The first kappa shape index (κ1) is 22.1. The van der Waals surface area contributed by atoms with Gasteiger partial charge in [-0.2, -0.15) is 5.10 Å². The molecule has 0 amide bonds. The fourth-order valence-corrected chi connectivity index (χ4v) is 10.3. The average Bonchev–Trinajstić information content (AvgIpc) is 3.74. The third kappa shape index (κ3) is 3.75. The summed E-state index contributed by atoms with van der Waals surface area (Å²) in [5, 5.41) is 16.1. The van der Waals surface area contributed by atoms with Gasteiger partial charge >= 0.3 is 0 Å². The van der Waals surface area contributed by atoms with Crippen molar-refractivity contribution in [1.82, 2.24) is 9.78 Å². The largest absolute Gasteiger partial charge is 0.390 e. The third-order valence-electron chi connectivity index (χ3n) is 12.1. The molecular formula is C31H46N2O. The summed E-state index contributed by atoms with van der Waals surface area (Å²) in [5.74, 6) is 7.55. The minimum Gasteiger partial charge on any atom is -0.390 e. The van der Waals surface area contributed by atoms with E-state index in [1.54, 1.807) is 0 Å². The molecule has 0 bridgehead atoms. The molecule has 6 aliphatic carbocycles. The number of aromatic nitrogens is 2. The van der Waals surface area contributed by atoms with Gasteiger partial charge in [-0.1, -0.05) is 38.8 Å². The van der Waals surface area contributed by atoms with Crippen molar-refractivity contribution in [2.24, 2.45) is 52.8 Å². The molecule has 0 radical (unpaired) electrons. The minimum atomic E-state index is -0.311. The van der Waals surface area contributed by atoms with E-state index < -0.39 is 0 Å². The van der Waals surface area contributed by atoms with E-state index in [1.165, 1.54) is 63.4 Å². The van der Waals surface area contributed by atoms with Crippen molar-refractivity contribution in [2.45, 2.75) is 109 Å². The molecule has 3 unspecified atom stereocenters. The summed E-state index contributed by atoms with van der Waals surface area (Å²) >= 11 is 0. The molecular weight excluding hydrogens is 416 g/mol. The van der Waals surface area contributed by atoms with E-state index in [-0.39, 0.29) is 5.60 Å². The predicted molar refractivity (Wildman–Crippen MR) is 136 cm³/mol. The summed E-state index contributed by atoms with van der Waals surface area (Å²) < 4.78 is 2.23. The highest BCUT2D eigenvalue weighted by molar-refractivity contribution is 5.34. The standard InChI is InChI=1S/C31H46N2O/c1-20(18-33-19-24(17-32-33)22-5-6-22)28-9-10-29-27-8-7-23-16-31(34,15-21-3-4-21)14-12-25(23)26(27)11-13-30(28,29)2/h5-6,17,19-23,25-29,34H,3-4,7-16,18H2,1-2H3/t20?,23-,25+,26-,27?,28-,29+,30?,31+/m1/s1. The van der Waals surface area contributed by atoms with E-state index in [2.05, 4.69) is 43.1 Å². The zero-order chi connectivity index (χ0) is 23.1. The lowest BCUT2D eigenvalue weighted by atomic mass is 9.48. The van der Waals surface area contributed by atoms with E-state index in [1.807, 2.05) is 0 Å². The molecule has 0 aromatic carbocycles. The molecule has 5 saturated carbocycles. The fourth-order valence-electron chi connectivity index (χ4n) is 10.3. The molecule has 0 aliphatic heterocycles. The molecule has 3 nitrogen and oxygen atoms in total. The van der Waals surface area contributed by atoms with Crippen molar-refractivity contribution in [2.75, 3.05) is 0 Å². The Kier molecular flexibility index (Phi) is 5.18. The van der Waals surface area contributed by atoms with Crippen molar-refractivity contribution in [3.05, 3.63) is 30.1 Å². The van der Waals surface area contributed by atoms with Crippen molar-refractivity contribution in [1.29, 1.82) is 0 Å². The van der Waals surface area contributed by atoms with Gasteiger partial charge in [0.1, 0.15) is 0 Å². The average molecular weight is 463 g/mol. The molecule has 7 rings (SSSR count). The Hall–Kier alpha value is -1.09. The first-order chi connectivity index (χ1) is 16.4. The SMILES string of the molecule is CC(Cn1cc(C2C=C2)cn1)[C@H]1CC[C@H]2C3CC[C@@H]4C[C@@](O)(CC5CC5)CC[C@@H]4[C@H]3CCC12C. The van der Waals surface area contributed by atoms with Gasteiger partial charge in [-0.05, 0) is 117 Å². The Balaban J connectivity index is 1.02. The molecule has 1 aromatic rings. The highest BCUT2D eigenvalue weighted by Gasteiger charge is 2.58. The van der Waals surface area contributed by atoms with Gasteiger partial charge in [0.05, 0.1) is 11.8 Å². The van der Waals surface area contributed by atoms with Gasteiger partial charge in [0.15, 0.2) is 0 Å². The van der Waals surface area contributed by atoms with Crippen LogP contribution < -0.4 is 0 Å². The minimum absolute atomic E-state index is 0.311. The molecule has 1 N–H and O–H groups in total. The first-order valence-corrected chi connectivity index (χ1v) is 14.8. The number of nitrogens with zero attached hydrogens (tertiary/aromatic N) is 2. The van der Waals surface area contributed by atoms with Crippen LogP contribution in [-0.4, -0.2) is 20.5 Å². The molecule has 34 heavy (non-hydrogen) atoms. The maximum absolute atomic E-state index is 11.3. The van der Waals surface area contributed by atoms with Gasteiger partial charge in [-0.15, -0.1) is 0 Å². The van der Waals surface area contributed by atoms with Gasteiger partial charge in [-0.3, -0.25) is 4.68 Å². The highest BCUT2D eigenvalue weighted by atomic mass is 16.3. The Bertz CT molecular complexity index is 941. The number of fused-ring (bicyclic) bond motifs is 5. The lowest BCUT2D eigenvalue weighted by Crippen LogP contribution is -2.51. The van der Waals surface area contributed by atoms with Crippen LogP contribution in [0.4, 0.5) is 0 Å². The molecule has 3 heteroatoms. The van der Waals surface area contributed by atoms with Crippen LogP contribution in [0.25, 0.3) is 0 Å². The van der Waals surface area contributed by atoms with E-state index in [9.17, 15) is 5.11 Å². The van der Waals surface area contributed by atoms with Crippen molar-refractivity contribution >= 4 is 0 Å². The van der Waals surface area contributed by atoms with E-state index in [0.29, 0.717) is 17.3 Å². The Morgan fingerprint density at radius 1 is 1.00 bits per heavy atom. The Labute approximate surface area is 206 Å². The Morgan fingerprint density at radius 2 is 1.82 bits per heavy atom. The molecule has 6 aliphatic rings. The summed E-state index contributed by atoms with van der Waals surface area (Å²) in [6.45, 7) is 6.28. The van der Waals surface area contributed by atoms with Crippen molar-refractivity contribution < 1.29 is 5.11 Å². The maximum atomic E-state index is 11.3. The lowest BCUT2D eigenvalue weighted by Gasteiger charge is -2.57. The lowest BCUT2D eigenvalue weighted by molar-refractivity contribution is -0.112. The molecule has 0 spiro atoms. The molecule has 0 saturated heterocycles. The summed E-state index contributed by atoms with van der Waals surface area (Å²) in [5.41, 5.74) is 1.59. The van der Waals surface area contributed by atoms with Crippen LogP contribution in [0.3, 0.4) is 0 Å². The van der Waals surface area contributed by atoms with Gasteiger partial charge < -0.3 is 5.11 Å². The number of aliphatic hydroxyl groups is 1. The zero-order valence-electron chi connectivity index (χ0n) is 21.5. The van der Waals surface area contributed by atoms with Crippen LogP contribution >= 0.6 is 0 Å². The number of hydrogen-bond acceptors (Lipinski definition) is 2. The normalized spacial score (nSPS) is 46.6. The second-order valence-corrected chi connectivity index (χ2v) is 14.2. The smallest absolute Gasteiger partial charge is 0.0653 e. The van der Waals surface area contributed by atoms with Crippen molar-refractivity contribution in [3.8, 4) is 0 Å². The predicted octanol–water partition coefficient (Wildman–Crippen LogP) is 6.97. The topological polar surface area (TPSA) is 38.0 Å². The third-order valence-corrected chi connectivity index (χ3v) is 12.1. The van der Waals surface area contributed by atoms with Gasteiger partial charge in [0, 0.05) is 24.2 Å². The van der Waals surface area contributed by atoms with Gasteiger partial charge in [0.25, 0.3) is 0 Å². The van der Waals surface area contributed by atoms with Crippen molar-refractivity contribution in [3.63, 3.8) is 0 Å². The quantitative estimate of drug-likeness (QED) is 0.463. The number of rotatable bonds is 6. The molecule has 1 heterocycles. The Morgan fingerprint density at radius 3 is 2.62 bits per heavy atom. The molecule has 186 valence electrons. The van der Waals surface area contributed by atoms with Crippen LogP contribution in [0.15, 0.2) is 24.5 Å². The summed E-state index contributed by atoms with van der Waals surface area (Å²) in [6, 6.07) is 0.